The van der Waals surface area contributed by atoms with Gasteiger partial charge >= 0.3 is 0 Å². The highest BCUT2D eigenvalue weighted by atomic mass is 16.2. The van der Waals surface area contributed by atoms with Crippen LogP contribution in [0.2, 0.25) is 0 Å². The van der Waals surface area contributed by atoms with Crippen molar-refractivity contribution in [2.45, 2.75) is 65.0 Å². The first-order chi connectivity index (χ1) is 8.54. The maximum atomic E-state index is 11.9. The lowest BCUT2D eigenvalue weighted by molar-refractivity contribution is -0.127. The summed E-state index contributed by atoms with van der Waals surface area (Å²) in [4.78, 5) is 23.6. The lowest BCUT2D eigenvalue weighted by Crippen LogP contribution is -2.47. The highest BCUT2D eigenvalue weighted by Gasteiger charge is 2.21. The minimum absolute atomic E-state index is 0.0838. The van der Waals surface area contributed by atoms with Crippen molar-refractivity contribution in [2.75, 3.05) is 0 Å². The van der Waals surface area contributed by atoms with Crippen LogP contribution < -0.4 is 10.6 Å². The first-order valence-corrected chi connectivity index (χ1v) is 6.82. The summed E-state index contributed by atoms with van der Waals surface area (Å²) in [5.74, 6) is -0.245. The maximum Gasteiger partial charge on any atom is 0.247 e. The molecule has 0 spiro atoms. The molecule has 1 rings (SSSR count). The van der Waals surface area contributed by atoms with Crippen LogP contribution in [0.3, 0.4) is 0 Å². The molecule has 0 unspecified atom stereocenters. The van der Waals surface area contributed by atoms with E-state index in [1.807, 2.05) is 13.0 Å². The minimum Gasteiger partial charge on any atom is -0.352 e. The van der Waals surface area contributed by atoms with Crippen LogP contribution in [0.5, 0.6) is 0 Å². The number of carbonyl (C=O) groups is 2. The van der Waals surface area contributed by atoms with Crippen molar-refractivity contribution in [3.8, 4) is 0 Å². The lowest BCUT2D eigenvalue weighted by atomic mass is 10.2. The molecule has 4 nitrogen and oxygen atoms in total. The third kappa shape index (κ3) is 4.51. The van der Waals surface area contributed by atoms with E-state index in [1.165, 1.54) is 12.8 Å². The van der Waals surface area contributed by atoms with Crippen LogP contribution in [0.25, 0.3) is 0 Å². The topological polar surface area (TPSA) is 58.2 Å². The molecular weight excluding hydrogens is 228 g/mol. The van der Waals surface area contributed by atoms with Crippen molar-refractivity contribution in [3.63, 3.8) is 0 Å². The molecule has 0 aromatic rings. The summed E-state index contributed by atoms with van der Waals surface area (Å²) in [6.07, 6.45) is 7.16. The van der Waals surface area contributed by atoms with Crippen molar-refractivity contribution >= 4 is 11.8 Å². The summed E-state index contributed by atoms with van der Waals surface area (Å²) in [6.45, 7) is 5.47. The Bertz CT molecular complexity index is 331. The largest absolute Gasteiger partial charge is 0.352 e. The summed E-state index contributed by atoms with van der Waals surface area (Å²) in [6, 6.07) is -0.178. The van der Waals surface area contributed by atoms with Gasteiger partial charge in [0.1, 0.15) is 6.04 Å². The van der Waals surface area contributed by atoms with Crippen molar-refractivity contribution in [1.29, 1.82) is 0 Å². The average Bonchev–Trinajstić information content (AvgIpc) is 2.81. The first kappa shape index (κ1) is 14.7. The van der Waals surface area contributed by atoms with E-state index >= 15 is 0 Å². The Morgan fingerprint density at radius 2 is 1.94 bits per heavy atom. The molecule has 4 heteroatoms. The summed E-state index contributed by atoms with van der Waals surface area (Å²) in [7, 11) is 0. The van der Waals surface area contributed by atoms with Crippen LogP contribution in [-0.4, -0.2) is 23.9 Å². The SMILES string of the molecule is CC/C=C(\C)C(=O)N[C@@H](C)C(=O)NC1CCCC1. The van der Waals surface area contributed by atoms with Crippen LogP contribution in [0, 0.1) is 0 Å². The van der Waals surface area contributed by atoms with Gasteiger partial charge in [-0.3, -0.25) is 9.59 Å². The molecule has 0 aromatic heterocycles. The van der Waals surface area contributed by atoms with E-state index in [4.69, 9.17) is 0 Å². The molecule has 2 N–H and O–H groups in total. The molecule has 1 aliphatic carbocycles. The Morgan fingerprint density at radius 3 is 2.50 bits per heavy atom. The third-order valence-corrected chi connectivity index (χ3v) is 3.31. The standard InChI is InChI=1S/C14H24N2O2/c1-4-7-10(2)13(17)15-11(3)14(18)16-12-8-5-6-9-12/h7,11-12H,4-6,8-9H2,1-3H3,(H,15,17)(H,16,18)/b10-7+/t11-/m0/s1. The van der Waals surface area contributed by atoms with E-state index < -0.39 is 6.04 Å². The fourth-order valence-electron chi connectivity index (χ4n) is 2.17. The number of hydrogen-bond acceptors (Lipinski definition) is 2. The van der Waals surface area contributed by atoms with Gasteiger partial charge in [0.05, 0.1) is 0 Å². The second-order valence-corrected chi connectivity index (χ2v) is 4.98. The molecule has 0 saturated heterocycles. The van der Waals surface area contributed by atoms with Crippen LogP contribution in [-0.2, 0) is 9.59 Å². The summed E-state index contributed by atoms with van der Waals surface area (Å²) in [5.41, 5.74) is 0.665. The number of amides is 2. The van der Waals surface area contributed by atoms with Crippen LogP contribution in [0.4, 0.5) is 0 Å². The number of allylic oxidation sites excluding steroid dienone is 1. The smallest absolute Gasteiger partial charge is 0.247 e. The van der Waals surface area contributed by atoms with Gasteiger partial charge in [-0.1, -0.05) is 25.8 Å². The van der Waals surface area contributed by atoms with Crippen LogP contribution in [0.1, 0.15) is 52.9 Å². The highest BCUT2D eigenvalue weighted by Crippen LogP contribution is 2.17. The molecular formula is C14H24N2O2. The van der Waals surface area contributed by atoms with Crippen molar-refractivity contribution in [2.24, 2.45) is 0 Å². The van der Waals surface area contributed by atoms with E-state index in [2.05, 4.69) is 10.6 Å². The molecule has 2 amide bonds. The monoisotopic (exact) mass is 252 g/mol. The van der Waals surface area contributed by atoms with Gasteiger partial charge in [-0.2, -0.15) is 0 Å². The Kier molecular flexibility index (Phi) is 5.89. The zero-order valence-corrected chi connectivity index (χ0v) is 11.6. The van der Waals surface area contributed by atoms with Crippen molar-refractivity contribution in [1.82, 2.24) is 10.6 Å². The quantitative estimate of drug-likeness (QED) is 0.734. The van der Waals surface area contributed by atoms with Gasteiger partial charge in [-0.15, -0.1) is 0 Å². The molecule has 0 radical (unpaired) electrons. The molecule has 0 aromatic carbocycles. The Hall–Kier alpha value is -1.32. The molecule has 0 bridgehead atoms. The minimum atomic E-state index is -0.474. The van der Waals surface area contributed by atoms with Gasteiger partial charge in [-0.25, -0.2) is 0 Å². The number of rotatable bonds is 5. The highest BCUT2D eigenvalue weighted by molar-refractivity contribution is 5.96. The molecule has 0 aliphatic heterocycles. The van der Waals surface area contributed by atoms with E-state index in [0.29, 0.717) is 11.6 Å². The van der Waals surface area contributed by atoms with Gasteiger partial charge in [-0.05, 0) is 33.1 Å². The van der Waals surface area contributed by atoms with E-state index in [1.54, 1.807) is 13.8 Å². The second kappa shape index (κ2) is 7.19. The van der Waals surface area contributed by atoms with Crippen molar-refractivity contribution in [3.05, 3.63) is 11.6 Å². The fourth-order valence-corrected chi connectivity index (χ4v) is 2.17. The van der Waals surface area contributed by atoms with E-state index in [9.17, 15) is 9.59 Å². The number of nitrogens with one attached hydrogen (secondary N) is 2. The molecule has 18 heavy (non-hydrogen) atoms. The van der Waals surface area contributed by atoms with Crippen LogP contribution in [0.15, 0.2) is 11.6 Å². The Labute approximate surface area is 109 Å². The van der Waals surface area contributed by atoms with Gasteiger partial charge in [0.25, 0.3) is 0 Å². The van der Waals surface area contributed by atoms with Crippen LogP contribution >= 0.6 is 0 Å². The van der Waals surface area contributed by atoms with Gasteiger partial charge in [0.2, 0.25) is 11.8 Å². The Morgan fingerprint density at radius 1 is 1.33 bits per heavy atom. The normalized spacial score (nSPS) is 18.5. The zero-order valence-electron chi connectivity index (χ0n) is 11.6. The summed E-state index contributed by atoms with van der Waals surface area (Å²) in [5, 5.41) is 5.70. The molecule has 1 fully saturated rings. The lowest BCUT2D eigenvalue weighted by Gasteiger charge is -2.17. The first-order valence-electron chi connectivity index (χ1n) is 6.82. The number of hydrogen-bond donors (Lipinski definition) is 2. The third-order valence-electron chi connectivity index (χ3n) is 3.31. The van der Waals surface area contributed by atoms with E-state index in [-0.39, 0.29) is 11.8 Å². The Balaban J connectivity index is 2.39. The van der Waals surface area contributed by atoms with Gasteiger partial charge < -0.3 is 10.6 Å². The molecule has 102 valence electrons. The summed E-state index contributed by atoms with van der Waals surface area (Å²) >= 11 is 0. The maximum absolute atomic E-state index is 11.9. The molecule has 1 aliphatic rings. The molecule has 1 atom stereocenters. The molecule has 0 heterocycles. The second-order valence-electron chi connectivity index (χ2n) is 4.98. The van der Waals surface area contributed by atoms with Gasteiger partial charge in [0, 0.05) is 11.6 Å². The number of carbonyl (C=O) groups excluding carboxylic acids is 2. The zero-order chi connectivity index (χ0) is 13.5. The summed E-state index contributed by atoms with van der Waals surface area (Å²) < 4.78 is 0. The molecule has 1 saturated carbocycles. The predicted molar refractivity (Wildman–Crippen MR) is 72.1 cm³/mol. The average molecular weight is 252 g/mol. The fraction of sp³-hybridized carbons (Fsp3) is 0.714. The van der Waals surface area contributed by atoms with E-state index in [0.717, 1.165) is 19.3 Å². The van der Waals surface area contributed by atoms with Gasteiger partial charge in [0.15, 0.2) is 0 Å². The van der Waals surface area contributed by atoms with Crippen molar-refractivity contribution < 1.29 is 9.59 Å². The predicted octanol–water partition coefficient (Wildman–Crippen LogP) is 1.91.